The summed E-state index contributed by atoms with van der Waals surface area (Å²) < 4.78 is 33.3. The Labute approximate surface area is 421 Å². The van der Waals surface area contributed by atoms with Crippen molar-refractivity contribution >= 4 is 7.82 Å². The predicted octanol–water partition coefficient (Wildman–Crippen LogP) is 20.9. The maximum Gasteiger partial charge on any atom is 0.647 e. The van der Waals surface area contributed by atoms with E-state index in [9.17, 15) is 4.57 Å². The lowest BCUT2D eigenvalue weighted by molar-refractivity contribution is 0.298. The summed E-state index contributed by atoms with van der Waals surface area (Å²) in [5.41, 5.74) is 3.78. The molecule has 0 radical (unpaired) electrons. The van der Waals surface area contributed by atoms with E-state index >= 15 is 0 Å². The molecule has 4 nitrogen and oxygen atoms in total. The van der Waals surface area contributed by atoms with Crippen LogP contribution in [0.15, 0.2) is 72.8 Å². The minimum atomic E-state index is -4.12. The van der Waals surface area contributed by atoms with Crippen LogP contribution < -0.4 is 13.6 Å². The second kappa shape index (κ2) is 33.8. The quantitative estimate of drug-likeness (QED) is 0.0535. The third-order valence-electron chi connectivity index (χ3n) is 14.8. The van der Waals surface area contributed by atoms with Gasteiger partial charge in [0.05, 0.1) is 0 Å². The van der Waals surface area contributed by atoms with Gasteiger partial charge in [0.2, 0.25) is 0 Å². The first-order valence-electron chi connectivity index (χ1n) is 28.4. The second-order valence-corrected chi connectivity index (χ2v) is 25.1. The van der Waals surface area contributed by atoms with Crippen molar-refractivity contribution in [1.29, 1.82) is 0 Å². The predicted molar refractivity (Wildman–Crippen MR) is 296 cm³/mol. The van der Waals surface area contributed by atoms with E-state index in [0.717, 1.165) is 74.0 Å². The molecule has 0 saturated heterocycles. The van der Waals surface area contributed by atoms with Crippen LogP contribution in [-0.2, 0) is 23.8 Å². The molecule has 0 aromatic heterocycles. The van der Waals surface area contributed by atoms with Gasteiger partial charge in [-0.15, -0.1) is 0 Å². The maximum atomic E-state index is 14.7. The molecule has 0 aliphatic carbocycles. The van der Waals surface area contributed by atoms with Gasteiger partial charge in [0.1, 0.15) is 17.2 Å². The Balaban J connectivity index is 1.58. The summed E-state index contributed by atoms with van der Waals surface area (Å²) in [5.74, 6) is 8.38. The van der Waals surface area contributed by atoms with E-state index in [1.165, 1.54) is 132 Å². The van der Waals surface area contributed by atoms with Crippen molar-refractivity contribution in [2.75, 3.05) is 0 Å². The minimum Gasteiger partial charge on any atom is -0.386 e. The average Bonchev–Trinajstić information content (AvgIpc) is 3.28. The molecule has 3 rings (SSSR count). The highest BCUT2D eigenvalue weighted by atomic mass is 31.2. The van der Waals surface area contributed by atoms with Crippen LogP contribution in [0.2, 0.25) is 0 Å². The lowest BCUT2D eigenvalue weighted by Crippen LogP contribution is -2.08. The molecule has 386 valence electrons. The maximum absolute atomic E-state index is 14.7. The van der Waals surface area contributed by atoms with Gasteiger partial charge in [0, 0.05) is 0 Å². The summed E-state index contributed by atoms with van der Waals surface area (Å²) >= 11 is 0. The van der Waals surface area contributed by atoms with E-state index in [1.54, 1.807) is 0 Å². The molecule has 6 atom stereocenters. The zero-order valence-corrected chi connectivity index (χ0v) is 47.1. The molecule has 0 spiro atoms. The summed E-state index contributed by atoms with van der Waals surface area (Å²) in [7, 11) is -4.12. The van der Waals surface area contributed by atoms with Crippen molar-refractivity contribution in [2.45, 2.75) is 237 Å². The lowest BCUT2D eigenvalue weighted by Gasteiger charge is -2.20. The number of rotatable bonds is 39. The Morgan fingerprint density at radius 1 is 0.294 bits per heavy atom. The zero-order valence-electron chi connectivity index (χ0n) is 46.2. The van der Waals surface area contributed by atoms with Gasteiger partial charge < -0.3 is 13.6 Å². The van der Waals surface area contributed by atoms with Gasteiger partial charge in [-0.3, -0.25) is 0 Å². The fourth-order valence-corrected chi connectivity index (χ4v) is 11.0. The Bertz CT molecular complexity index is 1530. The molecule has 0 N–H and O–H groups in total. The number of hydrogen-bond acceptors (Lipinski definition) is 4. The lowest BCUT2D eigenvalue weighted by atomic mass is 9.91. The number of benzene rings is 3. The van der Waals surface area contributed by atoms with Crippen LogP contribution in [0, 0.1) is 53.3 Å². The normalized spacial score (nSPS) is 15.5. The van der Waals surface area contributed by atoms with Crippen molar-refractivity contribution in [3.8, 4) is 17.2 Å². The Hall–Kier alpha value is -2.71. The molecule has 0 amide bonds. The van der Waals surface area contributed by atoms with Crippen molar-refractivity contribution in [1.82, 2.24) is 0 Å². The number of phosphoric ester groups is 1. The smallest absolute Gasteiger partial charge is 0.386 e. The van der Waals surface area contributed by atoms with Crippen LogP contribution in [0.3, 0.4) is 0 Å². The molecule has 68 heavy (non-hydrogen) atoms. The highest BCUT2D eigenvalue weighted by molar-refractivity contribution is 7.49. The molecular formula is C63H105O4P. The van der Waals surface area contributed by atoms with Gasteiger partial charge in [0.25, 0.3) is 0 Å². The van der Waals surface area contributed by atoms with Gasteiger partial charge in [-0.2, -0.15) is 4.57 Å². The van der Waals surface area contributed by atoms with Crippen LogP contribution >= 0.6 is 7.82 Å². The number of aryl methyl sites for hydroxylation is 3. The molecular weight excluding hydrogens is 852 g/mol. The highest BCUT2D eigenvalue weighted by Crippen LogP contribution is 2.50. The summed E-state index contributed by atoms with van der Waals surface area (Å²) in [5, 5.41) is 0. The zero-order chi connectivity index (χ0) is 49.7. The average molecular weight is 958 g/mol. The summed E-state index contributed by atoms with van der Waals surface area (Å²) in [4.78, 5) is 0. The summed E-state index contributed by atoms with van der Waals surface area (Å²) in [6.45, 7) is 28.4. The van der Waals surface area contributed by atoms with Crippen molar-refractivity contribution in [3.05, 3.63) is 89.5 Å². The molecule has 3 aromatic rings. The van der Waals surface area contributed by atoms with E-state index in [-0.39, 0.29) is 0 Å². The standard InChI is InChI=1S/C63H105O4P/c1-49(2)19-13-22-52(7)25-16-28-55(10)31-34-58-37-43-61(44-38-58)65-68(64,66-62-45-39-59(40-46-62)35-32-56(11)29-17-26-53(8)23-14-20-50(3)4)67-63-47-41-60(42-48-63)36-33-57(12)30-18-27-54(9)24-15-21-51(5)6/h37-57H,13-36H2,1-12H3. The third kappa shape index (κ3) is 28.2. The monoisotopic (exact) mass is 957 g/mol. The van der Waals surface area contributed by atoms with Crippen LogP contribution in [0.5, 0.6) is 17.2 Å². The minimum absolute atomic E-state index is 0.475. The van der Waals surface area contributed by atoms with Gasteiger partial charge in [0.15, 0.2) is 0 Å². The Morgan fingerprint density at radius 2 is 0.485 bits per heavy atom. The van der Waals surface area contributed by atoms with E-state index in [1.807, 2.05) is 36.4 Å². The van der Waals surface area contributed by atoms with E-state index in [0.29, 0.717) is 35.0 Å². The van der Waals surface area contributed by atoms with Crippen molar-refractivity contribution < 1.29 is 18.1 Å². The summed E-state index contributed by atoms with van der Waals surface area (Å²) in [6.07, 6.45) is 30.5. The Morgan fingerprint density at radius 3 is 0.691 bits per heavy atom. The van der Waals surface area contributed by atoms with E-state index < -0.39 is 7.82 Å². The molecule has 0 fully saturated rings. The van der Waals surface area contributed by atoms with Gasteiger partial charge >= 0.3 is 7.82 Å². The van der Waals surface area contributed by atoms with Gasteiger partial charge in [-0.25, -0.2) is 0 Å². The van der Waals surface area contributed by atoms with Crippen LogP contribution in [0.1, 0.15) is 235 Å². The molecule has 6 unspecified atom stereocenters. The topological polar surface area (TPSA) is 44.8 Å². The first kappa shape index (κ1) is 59.6. The van der Waals surface area contributed by atoms with Crippen LogP contribution in [0.4, 0.5) is 0 Å². The van der Waals surface area contributed by atoms with Gasteiger partial charge in [-0.05, 0) is 145 Å². The molecule has 5 heteroatoms. The third-order valence-corrected chi connectivity index (χ3v) is 16.1. The van der Waals surface area contributed by atoms with E-state index in [2.05, 4.69) is 119 Å². The molecule has 0 heterocycles. The van der Waals surface area contributed by atoms with Gasteiger partial charge in [-0.1, -0.05) is 235 Å². The largest absolute Gasteiger partial charge is 0.647 e. The molecule has 0 bridgehead atoms. The highest BCUT2D eigenvalue weighted by Gasteiger charge is 2.33. The van der Waals surface area contributed by atoms with Crippen molar-refractivity contribution in [2.24, 2.45) is 53.3 Å². The van der Waals surface area contributed by atoms with Crippen molar-refractivity contribution in [3.63, 3.8) is 0 Å². The Kier molecular flexibility index (Phi) is 29.6. The second-order valence-electron chi connectivity index (χ2n) is 23.7. The first-order chi connectivity index (χ1) is 32.5. The van der Waals surface area contributed by atoms with Crippen LogP contribution in [-0.4, -0.2) is 0 Å². The molecule has 0 aliphatic rings. The number of phosphoric acid groups is 1. The SMILES string of the molecule is CC(C)CCCC(C)CCCC(C)CCc1ccc(OP(=O)(Oc2ccc(CCC(C)CCCC(C)CCCC(C)C)cc2)Oc2ccc(CCC(C)CCCC(C)CCCC(C)C)cc2)cc1. The molecule has 3 aromatic carbocycles. The van der Waals surface area contributed by atoms with Crippen LogP contribution in [0.25, 0.3) is 0 Å². The van der Waals surface area contributed by atoms with E-state index in [4.69, 9.17) is 13.6 Å². The first-order valence-corrected chi connectivity index (χ1v) is 29.9. The fraction of sp³-hybridized carbons (Fsp3) is 0.714. The molecule has 0 aliphatic heterocycles. The summed E-state index contributed by atoms with van der Waals surface area (Å²) in [6, 6.07) is 24.0. The molecule has 0 saturated carbocycles. The fourth-order valence-electron chi connectivity index (χ4n) is 9.77. The number of hydrogen-bond donors (Lipinski definition) is 0.